The van der Waals surface area contributed by atoms with E-state index in [0.717, 1.165) is 6.26 Å². The van der Waals surface area contributed by atoms with Gasteiger partial charge in [0.25, 0.3) is 0 Å². The van der Waals surface area contributed by atoms with Crippen LogP contribution in [0.1, 0.15) is 18.5 Å². The molecule has 0 aliphatic rings. The monoisotopic (exact) mass is 399 g/mol. The van der Waals surface area contributed by atoms with Gasteiger partial charge < -0.3 is 9.47 Å². The number of rotatable bonds is 7. The summed E-state index contributed by atoms with van der Waals surface area (Å²) in [6, 6.07) is 9.55. The number of nitrogens with one attached hydrogen (secondary N) is 1. The van der Waals surface area contributed by atoms with Crippen molar-refractivity contribution < 1.29 is 26.3 Å². The van der Waals surface area contributed by atoms with Gasteiger partial charge in [0.15, 0.2) is 9.84 Å². The summed E-state index contributed by atoms with van der Waals surface area (Å²) in [6.45, 7) is 1.68. The molecule has 142 valence electrons. The summed E-state index contributed by atoms with van der Waals surface area (Å²) in [5.74, 6) is 1.10. The van der Waals surface area contributed by atoms with Crippen LogP contribution in [0.25, 0.3) is 0 Å². The Morgan fingerprint density at radius 3 is 1.96 bits per heavy atom. The molecule has 26 heavy (non-hydrogen) atoms. The van der Waals surface area contributed by atoms with E-state index in [1.165, 1.54) is 38.5 Å². The van der Waals surface area contributed by atoms with Gasteiger partial charge in [-0.2, -0.15) is 0 Å². The van der Waals surface area contributed by atoms with Crippen molar-refractivity contribution in [3.63, 3.8) is 0 Å². The van der Waals surface area contributed by atoms with Gasteiger partial charge in [0.2, 0.25) is 10.0 Å². The molecule has 7 nitrogen and oxygen atoms in total. The maximum atomic E-state index is 12.6. The fourth-order valence-corrected chi connectivity index (χ4v) is 4.26. The first-order valence-electron chi connectivity index (χ1n) is 7.63. The Morgan fingerprint density at radius 1 is 0.885 bits per heavy atom. The minimum absolute atomic E-state index is 0.0291. The molecule has 0 saturated heterocycles. The maximum absolute atomic E-state index is 12.6. The normalized spacial score (nSPS) is 13.2. The zero-order valence-corrected chi connectivity index (χ0v) is 16.5. The van der Waals surface area contributed by atoms with Gasteiger partial charge in [0, 0.05) is 17.9 Å². The number of sulfone groups is 1. The molecule has 0 heterocycles. The van der Waals surface area contributed by atoms with Gasteiger partial charge in [-0.3, -0.25) is 0 Å². The molecule has 0 radical (unpaired) electrons. The summed E-state index contributed by atoms with van der Waals surface area (Å²) < 4.78 is 61.2. The number of hydrogen-bond donors (Lipinski definition) is 1. The second-order valence-electron chi connectivity index (χ2n) is 5.69. The summed E-state index contributed by atoms with van der Waals surface area (Å²) in [5.41, 5.74) is 0.614. The van der Waals surface area contributed by atoms with Gasteiger partial charge in [-0.1, -0.05) is 0 Å². The van der Waals surface area contributed by atoms with Crippen molar-refractivity contribution in [2.75, 3.05) is 20.5 Å². The molecule has 0 saturated carbocycles. The van der Waals surface area contributed by atoms with Crippen LogP contribution in [0, 0.1) is 0 Å². The van der Waals surface area contributed by atoms with Crippen LogP contribution in [0.2, 0.25) is 0 Å². The molecule has 0 bridgehead atoms. The average Bonchev–Trinajstić information content (AvgIpc) is 2.60. The van der Waals surface area contributed by atoms with E-state index in [1.807, 2.05) is 0 Å². The molecule has 1 unspecified atom stereocenters. The van der Waals surface area contributed by atoms with E-state index in [0.29, 0.717) is 17.1 Å². The Kier molecular flexibility index (Phi) is 5.94. The van der Waals surface area contributed by atoms with Crippen LogP contribution in [-0.2, 0) is 19.9 Å². The topological polar surface area (TPSA) is 98.8 Å². The molecular formula is C17H21NO6S2. The first-order valence-corrected chi connectivity index (χ1v) is 11.0. The van der Waals surface area contributed by atoms with Crippen LogP contribution >= 0.6 is 0 Å². The van der Waals surface area contributed by atoms with Crippen molar-refractivity contribution in [2.24, 2.45) is 0 Å². The molecule has 0 aromatic heterocycles. The summed E-state index contributed by atoms with van der Waals surface area (Å²) in [4.78, 5) is 0.0255. The summed E-state index contributed by atoms with van der Waals surface area (Å²) in [5, 5.41) is 0. The number of hydrogen-bond acceptors (Lipinski definition) is 6. The predicted octanol–water partition coefficient (Wildman–Crippen LogP) is 2.15. The van der Waals surface area contributed by atoms with Crippen LogP contribution in [0.4, 0.5) is 0 Å². The number of methoxy groups -OCH3 is 2. The van der Waals surface area contributed by atoms with Gasteiger partial charge in [-0.25, -0.2) is 21.6 Å². The van der Waals surface area contributed by atoms with Crippen molar-refractivity contribution in [1.29, 1.82) is 0 Å². The Morgan fingerprint density at radius 2 is 1.46 bits per heavy atom. The second kappa shape index (κ2) is 7.65. The lowest BCUT2D eigenvalue weighted by Gasteiger charge is -2.18. The highest BCUT2D eigenvalue weighted by Gasteiger charge is 2.21. The highest BCUT2D eigenvalue weighted by Crippen LogP contribution is 2.30. The van der Waals surface area contributed by atoms with E-state index in [-0.39, 0.29) is 9.79 Å². The standard InChI is InChI=1S/C17H21NO6S2/c1-12(16-11-13(23-2)5-10-17(16)24-3)18-26(21,22)15-8-6-14(7-9-15)25(4,19)20/h5-12,18H,1-4H3. The average molecular weight is 399 g/mol. The van der Waals surface area contributed by atoms with Gasteiger partial charge in [0.1, 0.15) is 11.5 Å². The zero-order valence-electron chi connectivity index (χ0n) is 14.9. The first-order chi connectivity index (χ1) is 12.1. The van der Waals surface area contributed by atoms with Gasteiger partial charge in [0.05, 0.1) is 24.0 Å². The van der Waals surface area contributed by atoms with Gasteiger partial charge in [-0.15, -0.1) is 0 Å². The minimum Gasteiger partial charge on any atom is -0.497 e. The van der Waals surface area contributed by atoms with Gasteiger partial charge in [-0.05, 0) is 49.4 Å². The minimum atomic E-state index is -3.86. The van der Waals surface area contributed by atoms with E-state index in [4.69, 9.17) is 9.47 Å². The Labute approximate surface area is 153 Å². The number of sulfonamides is 1. The third kappa shape index (κ3) is 4.54. The molecule has 9 heteroatoms. The fourth-order valence-electron chi connectivity index (χ4n) is 2.41. The van der Waals surface area contributed by atoms with E-state index >= 15 is 0 Å². The summed E-state index contributed by atoms with van der Waals surface area (Å²) in [6.07, 6.45) is 1.06. The van der Waals surface area contributed by atoms with Crippen LogP contribution in [0.3, 0.4) is 0 Å². The van der Waals surface area contributed by atoms with Crippen LogP contribution in [0.5, 0.6) is 11.5 Å². The maximum Gasteiger partial charge on any atom is 0.241 e. The smallest absolute Gasteiger partial charge is 0.241 e. The molecule has 1 atom stereocenters. The zero-order chi connectivity index (χ0) is 19.5. The van der Waals surface area contributed by atoms with Crippen molar-refractivity contribution in [3.05, 3.63) is 48.0 Å². The summed E-state index contributed by atoms with van der Waals surface area (Å²) in [7, 11) is -4.24. The molecule has 0 fully saturated rings. The Bertz CT molecular complexity index is 982. The third-order valence-electron chi connectivity index (χ3n) is 3.80. The highest BCUT2D eigenvalue weighted by atomic mass is 32.2. The predicted molar refractivity (Wildman–Crippen MR) is 97.8 cm³/mol. The van der Waals surface area contributed by atoms with Crippen LogP contribution < -0.4 is 14.2 Å². The molecule has 0 aliphatic carbocycles. The molecule has 0 amide bonds. The SMILES string of the molecule is COc1ccc(OC)c(C(C)NS(=O)(=O)c2ccc(S(C)(=O)=O)cc2)c1. The van der Waals surface area contributed by atoms with E-state index in [2.05, 4.69) is 4.72 Å². The molecule has 2 aromatic carbocycles. The molecule has 2 rings (SSSR count). The van der Waals surface area contributed by atoms with E-state index in [1.54, 1.807) is 25.1 Å². The second-order valence-corrected chi connectivity index (χ2v) is 9.42. The lowest BCUT2D eigenvalue weighted by atomic mass is 10.1. The first kappa shape index (κ1) is 20.2. The van der Waals surface area contributed by atoms with Crippen molar-refractivity contribution in [1.82, 2.24) is 4.72 Å². The van der Waals surface area contributed by atoms with Crippen LogP contribution in [-0.4, -0.2) is 37.3 Å². The fraction of sp³-hybridized carbons (Fsp3) is 0.294. The third-order valence-corrected chi connectivity index (χ3v) is 6.48. The van der Waals surface area contributed by atoms with E-state index < -0.39 is 25.9 Å². The lowest BCUT2D eigenvalue weighted by Crippen LogP contribution is -2.27. The Hall–Kier alpha value is -2.10. The molecule has 2 aromatic rings. The number of ether oxygens (including phenoxy) is 2. The summed E-state index contributed by atoms with van der Waals surface area (Å²) >= 11 is 0. The molecular weight excluding hydrogens is 378 g/mol. The quantitative estimate of drug-likeness (QED) is 0.766. The van der Waals surface area contributed by atoms with Crippen LogP contribution in [0.15, 0.2) is 52.3 Å². The van der Waals surface area contributed by atoms with Crippen molar-refractivity contribution in [2.45, 2.75) is 22.8 Å². The molecule has 0 spiro atoms. The van der Waals surface area contributed by atoms with Crippen molar-refractivity contribution in [3.8, 4) is 11.5 Å². The van der Waals surface area contributed by atoms with Crippen molar-refractivity contribution >= 4 is 19.9 Å². The lowest BCUT2D eigenvalue weighted by molar-refractivity contribution is 0.395. The Balaban J connectivity index is 2.32. The molecule has 0 aliphatic heterocycles. The van der Waals surface area contributed by atoms with Gasteiger partial charge >= 0.3 is 0 Å². The largest absolute Gasteiger partial charge is 0.497 e. The molecule has 1 N–H and O–H groups in total. The van der Waals surface area contributed by atoms with E-state index in [9.17, 15) is 16.8 Å². The highest BCUT2D eigenvalue weighted by molar-refractivity contribution is 7.90. The number of benzene rings is 2.